The number of rotatable bonds is 5. The molecule has 0 amide bonds. The number of nitrogens with zero attached hydrogens (tertiary/aromatic N) is 2. The maximum atomic E-state index is 12.5. The smallest absolute Gasteiger partial charge is 0.335 e. The molecule has 23 heavy (non-hydrogen) atoms. The van der Waals surface area contributed by atoms with Crippen molar-refractivity contribution in [2.24, 2.45) is 0 Å². The molecule has 0 aliphatic carbocycles. The van der Waals surface area contributed by atoms with E-state index in [9.17, 15) is 9.59 Å². The van der Waals surface area contributed by atoms with Gasteiger partial charge >= 0.3 is 5.97 Å². The molecular formula is C18H16N2O3. The molecule has 2 aromatic heterocycles. The number of ketones is 1. The van der Waals surface area contributed by atoms with E-state index in [0.29, 0.717) is 18.5 Å². The van der Waals surface area contributed by atoms with E-state index in [4.69, 9.17) is 5.11 Å². The molecule has 1 aromatic carbocycles. The molecule has 0 spiro atoms. The zero-order chi connectivity index (χ0) is 16.4. The highest BCUT2D eigenvalue weighted by Crippen LogP contribution is 2.15. The number of carbonyl (C=O) groups is 2. The third kappa shape index (κ3) is 2.99. The number of hydrogen-bond donors (Lipinski definition) is 1. The topological polar surface area (TPSA) is 71.7 Å². The number of aryl methyl sites for hydroxylation is 2. The molecule has 0 bridgehead atoms. The molecule has 3 aromatic rings. The highest BCUT2D eigenvalue weighted by atomic mass is 16.4. The number of aromatic carboxylic acids is 1. The van der Waals surface area contributed by atoms with Crippen LogP contribution in [0.15, 0.2) is 48.7 Å². The van der Waals surface area contributed by atoms with E-state index in [2.05, 4.69) is 4.98 Å². The number of carbonyl (C=O) groups excluding carboxylic acids is 1. The lowest BCUT2D eigenvalue weighted by Gasteiger charge is -2.04. The van der Waals surface area contributed by atoms with Gasteiger partial charge < -0.3 is 5.11 Å². The van der Waals surface area contributed by atoms with Crippen LogP contribution in [0.4, 0.5) is 0 Å². The lowest BCUT2D eigenvalue weighted by molar-refractivity contribution is 0.0696. The Morgan fingerprint density at radius 2 is 1.87 bits per heavy atom. The van der Waals surface area contributed by atoms with Crippen molar-refractivity contribution in [1.82, 2.24) is 9.38 Å². The molecule has 0 saturated carbocycles. The Balaban J connectivity index is 1.76. The summed E-state index contributed by atoms with van der Waals surface area (Å²) >= 11 is 0. The summed E-state index contributed by atoms with van der Waals surface area (Å²) in [5, 5.41) is 8.89. The zero-order valence-corrected chi connectivity index (χ0v) is 12.7. The number of benzene rings is 1. The third-order valence-corrected chi connectivity index (χ3v) is 3.81. The van der Waals surface area contributed by atoms with Gasteiger partial charge in [-0.1, -0.05) is 18.2 Å². The average Bonchev–Trinajstić information content (AvgIpc) is 2.88. The Morgan fingerprint density at radius 1 is 1.13 bits per heavy atom. The molecule has 0 unspecified atom stereocenters. The predicted octanol–water partition coefficient (Wildman–Crippen LogP) is 3.16. The van der Waals surface area contributed by atoms with E-state index in [1.165, 1.54) is 0 Å². The van der Waals surface area contributed by atoms with Crippen LogP contribution in [0.25, 0.3) is 5.65 Å². The van der Waals surface area contributed by atoms with Crippen LogP contribution in [0.2, 0.25) is 0 Å². The Hall–Kier alpha value is -2.95. The van der Waals surface area contributed by atoms with Gasteiger partial charge in [0.1, 0.15) is 11.3 Å². The van der Waals surface area contributed by atoms with Crippen LogP contribution in [-0.2, 0) is 6.42 Å². The van der Waals surface area contributed by atoms with Gasteiger partial charge in [-0.3, -0.25) is 9.20 Å². The van der Waals surface area contributed by atoms with Crippen molar-refractivity contribution in [3.8, 4) is 0 Å². The number of Topliss-reactive ketones (excluding diaryl/α,β-unsaturated/α-hetero) is 1. The molecule has 0 radical (unpaired) electrons. The second-order valence-corrected chi connectivity index (χ2v) is 5.40. The van der Waals surface area contributed by atoms with Crippen molar-refractivity contribution in [2.75, 3.05) is 0 Å². The Kier molecular flexibility index (Phi) is 3.93. The van der Waals surface area contributed by atoms with Gasteiger partial charge in [0.15, 0.2) is 5.78 Å². The molecule has 0 aliphatic heterocycles. The molecule has 2 heterocycles. The average molecular weight is 308 g/mol. The van der Waals surface area contributed by atoms with Crippen LogP contribution in [0, 0.1) is 6.92 Å². The summed E-state index contributed by atoms with van der Waals surface area (Å²) in [5.74, 6) is -0.919. The van der Waals surface area contributed by atoms with Gasteiger partial charge in [0.2, 0.25) is 0 Å². The summed E-state index contributed by atoms with van der Waals surface area (Å²) in [7, 11) is 0. The van der Waals surface area contributed by atoms with Gasteiger partial charge in [0.05, 0.1) is 11.3 Å². The summed E-state index contributed by atoms with van der Waals surface area (Å²) in [6.45, 7) is 1.84. The van der Waals surface area contributed by atoms with E-state index in [1.54, 1.807) is 24.3 Å². The summed E-state index contributed by atoms with van der Waals surface area (Å²) in [5.41, 5.74) is 3.29. The minimum absolute atomic E-state index is 0.0310. The molecule has 3 rings (SSSR count). The van der Waals surface area contributed by atoms with Crippen LogP contribution >= 0.6 is 0 Å². The van der Waals surface area contributed by atoms with Gasteiger partial charge in [0.25, 0.3) is 0 Å². The monoisotopic (exact) mass is 308 g/mol. The molecule has 5 heteroatoms. The first-order valence-electron chi connectivity index (χ1n) is 7.35. The Morgan fingerprint density at radius 3 is 2.57 bits per heavy atom. The maximum Gasteiger partial charge on any atom is 0.335 e. The van der Waals surface area contributed by atoms with Gasteiger partial charge in [-0.2, -0.15) is 0 Å². The minimum atomic E-state index is -0.950. The predicted molar refractivity (Wildman–Crippen MR) is 86.0 cm³/mol. The first kappa shape index (κ1) is 15.0. The van der Waals surface area contributed by atoms with E-state index < -0.39 is 5.97 Å². The fourth-order valence-electron chi connectivity index (χ4n) is 2.64. The Labute approximate surface area is 133 Å². The fourth-order valence-corrected chi connectivity index (χ4v) is 2.64. The van der Waals surface area contributed by atoms with Crippen molar-refractivity contribution >= 4 is 17.4 Å². The number of carboxylic acid groups (broad SMARTS) is 1. The first-order chi connectivity index (χ1) is 11.1. The number of aromatic nitrogens is 2. The lowest BCUT2D eigenvalue weighted by Crippen LogP contribution is -2.07. The molecule has 0 atom stereocenters. The molecule has 0 saturated heterocycles. The van der Waals surface area contributed by atoms with Crippen LogP contribution in [0.3, 0.4) is 0 Å². The normalized spacial score (nSPS) is 10.8. The highest BCUT2D eigenvalue weighted by molar-refractivity contribution is 5.96. The van der Waals surface area contributed by atoms with Gasteiger partial charge in [-0.15, -0.1) is 0 Å². The van der Waals surface area contributed by atoms with E-state index in [-0.39, 0.29) is 11.3 Å². The largest absolute Gasteiger partial charge is 0.478 e. The summed E-state index contributed by atoms with van der Waals surface area (Å²) < 4.78 is 1.81. The van der Waals surface area contributed by atoms with E-state index in [0.717, 1.165) is 16.9 Å². The molecule has 1 N–H and O–H groups in total. The van der Waals surface area contributed by atoms with E-state index in [1.807, 2.05) is 35.7 Å². The van der Waals surface area contributed by atoms with Gasteiger partial charge in [0, 0.05) is 12.6 Å². The SMILES string of the molecule is Cc1nc2ccccn2c1C(=O)CCc1ccc(C(=O)O)cc1. The number of pyridine rings is 1. The van der Waals surface area contributed by atoms with Crippen molar-refractivity contribution < 1.29 is 14.7 Å². The Bertz CT molecular complexity index is 879. The van der Waals surface area contributed by atoms with Crippen LogP contribution in [0.1, 0.15) is 38.5 Å². The molecule has 0 aliphatic rings. The number of hydrogen-bond acceptors (Lipinski definition) is 3. The van der Waals surface area contributed by atoms with Crippen molar-refractivity contribution in [3.05, 3.63) is 71.2 Å². The van der Waals surface area contributed by atoms with Crippen molar-refractivity contribution in [1.29, 1.82) is 0 Å². The molecular weight excluding hydrogens is 292 g/mol. The number of carboxylic acids is 1. The summed E-state index contributed by atoms with van der Waals surface area (Å²) in [4.78, 5) is 27.8. The quantitative estimate of drug-likeness (QED) is 0.735. The van der Waals surface area contributed by atoms with Crippen molar-refractivity contribution in [2.45, 2.75) is 19.8 Å². The van der Waals surface area contributed by atoms with Crippen LogP contribution < -0.4 is 0 Å². The molecule has 5 nitrogen and oxygen atoms in total. The first-order valence-corrected chi connectivity index (χ1v) is 7.35. The molecule has 0 fully saturated rings. The standard InChI is InChI=1S/C18H16N2O3/c1-12-17(20-11-3-2-4-16(20)19-12)15(21)10-7-13-5-8-14(9-6-13)18(22)23/h2-6,8-9,11H,7,10H2,1H3,(H,22,23). The lowest BCUT2D eigenvalue weighted by atomic mass is 10.0. The second-order valence-electron chi connectivity index (χ2n) is 5.40. The second kappa shape index (κ2) is 6.04. The summed E-state index contributed by atoms with van der Waals surface area (Å²) in [6, 6.07) is 12.2. The van der Waals surface area contributed by atoms with Gasteiger partial charge in [-0.05, 0) is 43.2 Å². The summed E-state index contributed by atoms with van der Waals surface area (Å²) in [6.07, 6.45) is 2.76. The molecule has 116 valence electrons. The number of fused-ring (bicyclic) bond motifs is 1. The van der Waals surface area contributed by atoms with Gasteiger partial charge in [-0.25, -0.2) is 9.78 Å². The van der Waals surface area contributed by atoms with E-state index >= 15 is 0 Å². The third-order valence-electron chi connectivity index (χ3n) is 3.81. The maximum absolute atomic E-state index is 12.5. The minimum Gasteiger partial charge on any atom is -0.478 e. The van der Waals surface area contributed by atoms with Crippen molar-refractivity contribution in [3.63, 3.8) is 0 Å². The highest BCUT2D eigenvalue weighted by Gasteiger charge is 2.16. The fraction of sp³-hybridized carbons (Fsp3) is 0.167. The number of imidazole rings is 1. The van der Waals surface area contributed by atoms with Crippen LogP contribution in [-0.4, -0.2) is 26.2 Å². The van der Waals surface area contributed by atoms with Crippen LogP contribution in [0.5, 0.6) is 0 Å². The zero-order valence-electron chi connectivity index (χ0n) is 12.7.